The summed E-state index contributed by atoms with van der Waals surface area (Å²) in [4.78, 5) is 12.3. The topological polar surface area (TPSA) is 108 Å². The van der Waals surface area contributed by atoms with Crippen molar-refractivity contribution in [3.05, 3.63) is 47.5 Å². The lowest BCUT2D eigenvalue weighted by molar-refractivity contribution is -0.115. The van der Waals surface area contributed by atoms with Crippen LogP contribution >= 0.6 is 0 Å². The number of carbonyl (C=O) groups is 1. The molecule has 0 bridgehead atoms. The lowest BCUT2D eigenvalue weighted by Crippen LogP contribution is -2.17. The van der Waals surface area contributed by atoms with E-state index in [-0.39, 0.29) is 17.2 Å². The fourth-order valence-electron chi connectivity index (χ4n) is 2.57. The SMILES string of the molecule is CCc1ccc(NC(=O)Cc2ccc(OC)c(OC)c2)cc1S(N)(=O)=O. The molecule has 0 aliphatic carbocycles. The summed E-state index contributed by atoms with van der Waals surface area (Å²) in [6, 6.07) is 9.87. The Hall–Kier alpha value is -2.58. The van der Waals surface area contributed by atoms with Crippen molar-refractivity contribution in [2.24, 2.45) is 5.14 Å². The molecule has 26 heavy (non-hydrogen) atoms. The van der Waals surface area contributed by atoms with E-state index in [0.29, 0.717) is 29.2 Å². The smallest absolute Gasteiger partial charge is 0.238 e. The summed E-state index contributed by atoms with van der Waals surface area (Å²) in [7, 11) is -0.807. The molecule has 7 nitrogen and oxygen atoms in total. The van der Waals surface area contributed by atoms with E-state index < -0.39 is 10.0 Å². The Balaban J connectivity index is 2.18. The van der Waals surface area contributed by atoms with Crippen LogP contribution < -0.4 is 19.9 Å². The van der Waals surface area contributed by atoms with E-state index in [0.717, 1.165) is 5.56 Å². The standard InChI is InChI=1S/C18H22N2O5S/c1-4-13-6-7-14(11-17(13)26(19,22)23)20-18(21)10-12-5-8-15(24-2)16(9-12)25-3/h5-9,11H,4,10H2,1-3H3,(H,20,21)(H2,19,22,23). The molecule has 0 saturated heterocycles. The van der Waals surface area contributed by atoms with Crippen molar-refractivity contribution in [1.82, 2.24) is 0 Å². The van der Waals surface area contributed by atoms with Crippen LogP contribution in [0.5, 0.6) is 11.5 Å². The first kappa shape index (κ1) is 19.7. The summed E-state index contributed by atoms with van der Waals surface area (Å²) < 4.78 is 33.8. The van der Waals surface area contributed by atoms with Crippen LogP contribution in [0.4, 0.5) is 5.69 Å². The third-order valence-corrected chi connectivity index (χ3v) is 4.84. The normalized spacial score (nSPS) is 11.1. The summed E-state index contributed by atoms with van der Waals surface area (Å²) >= 11 is 0. The second kappa shape index (κ2) is 8.20. The zero-order valence-corrected chi connectivity index (χ0v) is 15.7. The number of hydrogen-bond donors (Lipinski definition) is 2. The lowest BCUT2D eigenvalue weighted by Gasteiger charge is -2.11. The number of ether oxygens (including phenoxy) is 2. The maximum absolute atomic E-state index is 12.3. The molecular formula is C18H22N2O5S. The zero-order chi connectivity index (χ0) is 19.3. The molecule has 0 aliphatic heterocycles. The van der Waals surface area contributed by atoms with Gasteiger partial charge < -0.3 is 14.8 Å². The van der Waals surface area contributed by atoms with Gasteiger partial charge >= 0.3 is 0 Å². The van der Waals surface area contributed by atoms with Gasteiger partial charge in [0.05, 0.1) is 25.5 Å². The molecule has 140 valence electrons. The summed E-state index contributed by atoms with van der Waals surface area (Å²) in [5.74, 6) is 0.813. The molecule has 0 unspecified atom stereocenters. The van der Waals surface area contributed by atoms with Crippen LogP contribution in [0.3, 0.4) is 0 Å². The summed E-state index contributed by atoms with van der Waals surface area (Å²) in [5.41, 5.74) is 1.71. The second-order valence-corrected chi connectivity index (χ2v) is 7.17. The Morgan fingerprint density at radius 2 is 1.77 bits per heavy atom. The van der Waals surface area contributed by atoms with Gasteiger partial charge in [0.1, 0.15) is 0 Å². The Kier molecular flexibility index (Phi) is 6.23. The minimum atomic E-state index is -3.86. The minimum absolute atomic E-state index is 0.0175. The Morgan fingerprint density at radius 1 is 1.08 bits per heavy atom. The molecule has 2 aromatic carbocycles. The molecule has 0 radical (unpaired) electrons. The predicted molar refractivity (Wildman–Crippen MR) is 99.1 cm³/mol. The first-order valence-electron chi connectivity index (χ1n) is 7.95. The van der Waals surface area contributed by atoms with E-state index in [1.165, 1.54) is 20.3 Å². The number of carbonyl (C=O) groups excluding carboxylic acids is 1. The Morgan fingerprint density at radius 3 is 2.35 bits per heavy atom. The van der Waals surface area contributed by atoms with Crippen LogP contribution in [0.25, 0.3) is 0 Å². The molecule has 0 heterocycles. The third-order valence-electron chi connectivity index (χ3n) is 3.85. The Bertz CT molecular complexity index is 910. The molecule has 0 fully saturated rings. The summed E-state index contributed by atoms with van der Waals surface area (Å²) in [6.07, 6.45) is 0.617. The molecular weight excluding hydrogens is 356 g/mol. The lowest BCUT2D eigenvalue weighted by atomic mass is 10.1. The number of nitrogens with one attached hydrogen (secondary N) is 1. The molecule has 0 spiro atoms. The van der Waals surface area contributed by atoms with Crippen molar-refractivity contribution < 1.29 is 22.7 Å². The van der Waals surface area contributed by atoms with Crippen LogP contribution in [-0.4, -0.2) is 28.5 Å². The summed E-state index contributed by atoms with van der Waals surface area (Å²) in [5, 5.41) is 7.94. The number of primary sulfonamides is 1. The number of aryl methyl sites for hydroxylation is 1. The maximum Gasteiger partial charge on any atom is 0.238 e. The average molecular weight is 378 g/mol. The van der Waals surface area contributed by atoms with Crippen LogP contribution in [-0.2, 0) is 27.7 Å². The van der Waals surface area contributed by atoms with Crippen LogP contribution in [0.1, 0.15) is 18.1 Å². The van der Waals surface area contributed by atoms with E-state index >= 15 is 0 Å². The number of rotatable bonds is 7. The molecule has 0 saturated carbocycles. The van der Waals surface area contributed by atoms with Crippen molar-refractivity contribution in [1.29, 1.82) is 0 Å². The van der Waals surface area contributed by atoms with Gasteiger partial charge in [-0.25, -0.2) is 13.6 Å². The van der Waals surface area contributed by atoms with E-state index in [1.54, 1.807) is 30.3 Å². The molecule has 1 amide bonds. The highest BCUT2D eigenvalue weighted by molar-refractivity contribution is 7.89. The molecule has 3 N–H and O–H groups in total. The first-order chi connectivity index (χ1) is 12.3. The fourth-order valence-corrected chi connectivity index (χ4v) is 3.44. The van der Waals surface area contributed by atoms with Gasteiger partial charge in [-0.2, -0.15) is 0 Å². The van der Waals surface area contributed by atoms with Crippen molar-refractivity contribution >= 4 is 21.6 Å². The van der Waals surface area contributed by atoms with Gasteiger partial charge in [-0.05, 0) is 41.8 Å². The van der Waals surface area contributed by atoms with Crippen molar-refractivity contribution in [3.8, 4) is 11.5 Å². The largest absolute Gasteiger partial charge is 0.493 e. The van der Waals surface area contributed by atoms with Crippen molar-refractivity contribution in [3.63, 3.8) is 0 Å². The molecule has 8 heteroatoms. The number of amides is 1. The number of sulfonamides is 1. The van der Waals surface area contributed by atoms with Crippen LogP contribution in [0, 0.1) is 0 Å². The highest BCUT2D eigenvalue weighted by atomic mass is 32.2. The number of hydrogen-bond acceptors (Lipinski definition) is 5. The van der Waals surface area contributed by atoms with Gasteiger partial charge in [0.15, 0.2) is 11.5 Å². The zero-order valence-electron chi connectivity index (χ0n) is 14.9. The average Bonchev–Trinajstić information content (AvgIpc) is 2.60. The molecule has 2 rings (SSSR count). The van der Waals surface area contributed by atoms with E-state index in [9.17, 15) is 13.2 Å². The number of benzene rings is 2. The Labute approximate surface area is 153 Å². The van der Waals surface area contributed by atoms with Gasteiger partial charge in [0.2, 0.25) is 15.9 Å². The molecule has 2 aromatic rings. The van der Waals surface area contributed by atoms with E-state index in [2.05, 4.69) is 5.32 Å². The number of methoxy groups -OCH3 is 2. The van der Waals surface area contributed by atoms with E-state index in [4.69, 9.17) is 14.6 Å². The minimum Gasteiger partial charge on any atom is -0.493 e. The third kappa shape index (κ3) is 4.74. The highest BCUT2D eigenvalue weighted by Crippen LogP contribution is 2.28. The maximum atomic E-state index is 12.3. The van der Waals surface area contributed by atoms with Gasteiger partial charge in [0, 0.05) is 5.69 Å². The monoisotopic (exact) mass is 378 g/mol. The fraction of sp³-hybridized carbons (Fsp3) is 0.278. The van der Waals surface area contributed by atoms with Gasteiger partial charge in [0.25, 0.3) is 0 Å². The van der Waals surface area contributed by atoms with Crippen molar-refractivity contribution in [2.45, 2.75) is 24.7 Å². The highest BCUT2D eigenvalue weighted by Gasteiger charge is 2.15. The van der Waals surface area contributed by atoms with Gasteiger partial charge in [-0.1, -0.05) is 19.1 Å². The molecule has 0 aromatic heterocycles. The van der Waals surface area contributed by atoms with Crippen LogP contribution in [0.15, 0.2) is 41.3 Å². The molecule has 0 atom stereocenters. The predicted octanol–water partition coefficient (Wildman–Crippen LogP) is 2.09. The summed E-state index contributed by atoms with van der Waals surface area (Å²) in [6.45, 7) is 1.83. The van der Waals surface area contributed by atoms with Crippen molar-refractivity contribution in [2.75, 3.05) is 19.5 Å². The van der Waals surface area contributed by atoms with Gasteiger partial charge in [-0.3, -0.25) is 4.79 Å². The number of nitrogens with two attached hydrogens (primary N) is 1. The van der Waals surface area contributed by atoms with Crippen LogP contribution in [0.2, 0.25) is 0 Å². The molecule has 0 aliphatic rings. The quantitative estimate of drug-likeness (QED) is 0.767. The number of anilines is 1. The first-order valence-corrected chi connectivity index (χ1v) is 9.49. The second-order valence-electron chi connectivity index (χ2n) is 5.64. The van der Waals surface area contributed by atoms with E-state index in [1.807, 2.05) is 6.92 Å². The van der Waals surface area contributed by atoms with Gasteiger partial charge in [-0.15, -0.1) is 0 Å².